The maximum absolute atomic E-state index is 13.0. The van der Waals surface area contributed by atoms with E-state index in [1.165, 1.54) is 0 Å². The highest BCUT2D eigenvalue weighted by Crippen LogP contribution is 2.45. The van der Waals surface area contributed by atoms with Crippen LogP contribution in [0.1, 0.15) is 162 Å². The Morgan fingerprint density at radius 1 is 0.630 bits per heavy atom. The Kier molecular flexibility index (Phi) is 23.8. The van der Waals surface area contributed by atoms with Gasteiger partial charge in [-0.25, -0.2) is 0 Å². The number of carbonyl (C=O) groups is 2. The van der Waals surface area contributed by atoms with Crippen molar-refractivity contribution in [1.29, 1.82) is 0 Å². The van der Waals surface area contributed by atoms with Crippen LogP contribution in [-0.2, 0) is 19.1 Å². The maximum atomic E-state index is 13.0. The van der Waals surface area contributed by atoms with Gasteiger partial charge in [-0.3, -0.25) is 9.59 Å². The van der Waals surface area contributed by atoms with Gasteiger partial charge in [0.1, 0.15) is 13.2 Å². The summed E-state index contributed by atoms with van der Waals surface area (Å²) in [6, 6.07) is 0. The summed E-state index contributed by atoms with van der Waals surface area (Å²) in [6.07, 6.45) is 6.69. The SMILES string of the molecule is CCC(C)CC(C(C)C)C(C)(C(=O)OCC(O)CC(C)C)C(C)C.CCCCC(CC)C(C)(C(=O)OCC(O)CC(C)C)C(C)C. The first-order valence-electron chi connectivity index (χ1n) is 18.9. The van der Waals surface area contributed by atoms with Crippen molar-refractivity contribution < 1.29 is 29.3 Å². The topological polar surface area (TPSA) is 93.1 Å². The number of carbonyl (C=O) groups excluding carboxylic acids is 2. The number of hydrogen-bond donors (Lipinski definition) is 2. The van der Waals surface area contributed by atoms with Crippen molar-refractivity contribution in [2.75, 3.05) is 13.2 Å². The second-order valence-corrected chi connectivity index (χ2v) is 16.5. The minimum Gasteiger partial charge on any atom is -0.463 e. The molecule has 0 aromatic heterocycles. The number of ether oxygens (including phenoxy) is 2. The summed E-state index contributed by atoms with van der Waals surface area (Å²) in [5.74, 6) is 2.55. The van der Waals surface area contributed by atoms with E-state index >= 15 is 0 Å². The highest BCUT2D eigenvalue weighted by atomic mass is 16.5. The van der Waals surface area contributed by atoms with E-state index in [1.807, 2.05) is 6.92 Å². The van der Waals surface area contributed by atoms with Crippen molar-refractivity contribution in [3.05, 3.63) is 0 Å². The van der Waals surface area contributed by atoms with Crippen molar-refractivity contribution in [3.8, 4) is 0 Å². The smallest absolute Gasteiger partial charge is 0.312 e. The van der Waals surface area contributed by atoms with Crippen molar-refractivity contribution in [3.63, 3.8) is 0 Å². The number of unbranched alkanes of at least 4 members (excludes halogenated alkanes) is 1. The second kappa shape index (κ2) is 23.3. The zero-order chi connectivity index (χ0) is 36.4. The Morgan fingerprint density at radius 3 is 1.35 bits per heavy atom. The molecule has 0 aliphatic carbocycles. The molecule has 0 aromatic carbocycles. The summed E-state index contributed by atoms with van der Waals surface area (Å²) in [4.78, 5) is 25.7. The van der Waals surface area contributed by atoms with E-state index in [2.05, 4.69) is 104 Å². The van der Waals surface area contributed by atoms with Gasteiger partial charge in [0.2, 0.25) is 0 Å². The van der Waals surface area contributed by atoms with E-state index < -0.39 is 23.0 Å². The van der Waals surface area contributed by atoms with E-state index in [4.69, 9.17) is 9.47 Å². The van der Waals surface area contributed by atoms with E-state index in [1.54, 1.807) is 0 Å². The number of esters is 2. The van der Waals surface area contributed by atoms with E-state index in [9.17, 15) is 19.8 Å². The second-order valence-electron chi connectivity index (χ2n) is 16.5. The lowest BCUT2D eigenvalue weighted by molar-refractivity contribution is -0.167. The molecule has 7 unspecified atom stereocenters. The molecule has 6 nitrogen and oxygen atoms in total. The zero-order valence-corrected chi connectivity index (χ0v) is 33.4. The fraction of sp³-hybridized carbons (Fsp3) is 0.950. The van der Waals surface area contributed by atoms with Crippen LogP contribution >= 0.6 is 0 Å². The van der Waals surface area contributed by atoms with Crippen LogP contribution in [0.25, 0.3) is 0 Å². The molecule has 0 saturated carbocycles. The molecular weight excluding hydrogens is 576 g/mol. The van der Waals surface area contributed by atoms with Crippen LogP contribution in [0, 0.1) is 58.2 Å². The molecule has 46 heavy (non-hydrogen) atoms. The monoisotopic (exact) mass is 657 g/mol. The molecule has 0 aromatic rings. The Labute approximate surface area is 286 Å². The van der Waals surface area contributed by atoms with Crippen molar-refractivity contribution in [1.82, 2.24) is 0 Å². The first-order chi connectivity index (χ1) is 21.2. The van der Waals surface area contributed by atoms with Crippen LogP contribution in [0.15, 0.2) is 0 Å². The molecular formula is C40H80O6. The maximum Gasteiger partial charge on any atom is 0.312 e. The fourth-order valence-corrected chi connectivity index (χ4v) is 6.76. The van der Waals surface area contributed by atoms with Gasteiger partial charge >= 0.3 is 11.9 Å². The number of rotatable bonds is 22. The summed E-state index contributed by atoms with van der Waals surface area (Å²) in [7, 11) is 0. The van der Waals surface area contributed by atoms with Crippen LogP contribution in [0.2, 0.25) is 0 Å². The number of aliphatic hydroxyl groups is 2. The van der Waals surface area contributed by atoms with Gasteiger partial charge in [-0.05, 0) is 86.9 Å². The molecule has 276 valence electrons. The third-order valence-corrected chi connectivity index (χ3v) is 10.8. The summed E-state index contributed by atoms with van der Waals surface area (Å²) in [6.45, 7) is 34.2. The molecule has 0 aliphatic rings. The van der Waals surface area contributed by atoms with E-state index in [0.29, 0.717) is 42.4 Å². The fourth-order valence-electron chi connectivity index (χ4n) is 6.76. The molecule has 2 N–H and O–H groups in total. The normalized spacial score (nSPS) is 18.0. The third kappa shape index (κ3) is 15.8. The Bertz CT molecular complexity index is 806. The molecule has 7 atom stereocenters. The average molecular weight is 657 g/mol. The van der Waals surface area contributed by atoms with Gasteiger partial charge in [-0.2, -0.15) is 0 Å². The Balaban J connectivity index is 0. The van der Waals surface area contributed by atoms with Gasteiger partial charge in [0.05, 0.1) is 23.0 Å². The standard InChI is InChI=1S/C21H42O3.C19H38O3/c1-10-17(8)12-19(15(4)5)21(9,16(6)7)20(23)24-13-18(22)11-14(2)3;1-8-10-11-16(9-2)19(7,15(5)6)18(21)22-13-17(20)12-14(3)4/h14-19,22H,10-13H2,1-9H3;14-17,20H,8-13H2,1-7H3. The average Bonchev–Trinajstić information content (AvgIpc) is 2.96. The van der Waals surface area contributed by atoms with Crippen molar-refractivity contribution >= 4 is 11.9 Å². The predicted octanol–water partition coefficient (Wildman–Crippen LogP) is 10.1. The zero-order valence-electron chi connectivity index (χ0n) is 33.4. The summed E-state index contributed by atoms with van der Waals surface area (Å²) in [5.41, 5.74) is -0.989. The molecule has 0 saturated heterocycles. The van der Waals surface area contributed by atoms with Crippen LogP contribution < -0.4 is 0 Å². The molecule has 0 heterocycles. The van der Waals surface area contributed by atoms with Gasteiger partial charge in [0.15, 0.2) is 0 Å². The lowest BCUT2D eigenvalue weighted by Gasteiger charge is -2.42. The minimum atomic E-state index is -0.572. The molecule has 0 rings (SSSR count). The Morgan fingerprint density at radius 2 is 1.04 bits per heavy atom. The Hall–Kier alpha value is -1.14. The van der Waals surface area contributed by atoms with Crippen molar-refractivity contribution in [2.45, 2.75) is 174 Å². The summed E-state index contributed by atoms with van der Waals surface area (Å²) in [5, 5.41) is 20.0. The summed E-state index contributed by atoms with van der Waals surface area (Å²) < 4.78 is 11.1. The third-order valence-electron chi connectivity index (χ3n) is 10.8. The van der Waals surface area contributed by atoms with Crippen LogP contribution in [0.4, 0.5) is 0 Å². The first-order valence-corrected chi connectivity index (χ1v) is 18.9. The lowest BCUT2D eigenvalue weighted by Crippen LogP contribution is -2.45. The highest BCUT2D eigenvalue weighted by Gasteiger charge is 2.47. The van der Waals surface area contributed by atoms with E-state index in [-0.39, 0.29) is 42.9 Å². The van der Waals surface area contributed by atoms with Crippen LogP contribution in [-0.4, -0.2) is 47.6 Å². The largest absolute Gasteiger partial charge is 0.463 e. The molecule has 6 heteroatoms. The highest BCUT2D eigenvalue weighted by molar-refractivity contribution is 5.77. The molecule has 0 amide bonds. The van der Waals surface area contributed by atoms with Gasteiger partial charge in [0.25, 0.3) is 0 Å². The molecule has 0 fully saturated rings. The molecule has 0 spiro atoms. The summed E-state index contributed by atoms with van der Waals surface area (Å²) >= 11 is 0. The van der Waals surface area contributed by atoms with Crippen LogP contribution in [0.5, 0.6) is 0 Å². The van der Waals surface area contributed by atoms with Gasteiger partial charge in [-0.15, -0.1) is 0 Å². The minimum absolute atomic E-state index is 0.105. The van der Waals surface area contributed by atoms with Gasteiger partial charge in [-0.1, -0.05) is 123 Å². The number of hydrogen-bond acceptors (Lipinski definition) is 6. The van der Waals surface area contributed by atoms with Gasteiger partial charge < -0.3 is 19.7 Å². The van der Waals surface area contributed by atoms with E-state index in [0.717, 1.165) is 38.5 Å². The van der Waals surface area contributed by atoms with Crippen LogP contribution in [0.3, 0.4) is 0 Å². The first kappa shape index (κ1) is 47.0. The molecule has 0 radical (unpaired) electrons. The molecule has 0 aliphatic heterocycles. The quantitative estimate of drug-likeness (QED) is 0.113. The number of aliphatic hydroxyl groups excluding tert-OH is 2. The van der Waals surface area contributed by atoms with Gasteiger partial charge in [0, 0.05) is 0 Å². The molecule has 0 bridgehead atoms. The lowest BCUT2D eigenvalue weighted by atomic mass is 9.62. The predicted molar refractivity (Wildman–Crippen MR) is 194 cm³/mol. The van der Waals surface area contributed by atoms with Crippen molar-refractivity contribution in [2.24, 2.45) is 58.2 Å².